The van der Waals surface area contributed by atoms with Gasteiger partial charge in [0.05, 0.1) is 6.54 Å². The number of aliphatic hydroxyl groups is 2. The Bertz CT molecular complexity index is 1050. The number of aromatic nitrogens is 3. The molecule has 0 saturated carbocycles. The number of hydrogen-bond donors (Lipinski definition) is 3. The normalized spacial score (nSPS) is 12.7. The van der Waals surface area contributed by atoms with Gasteiger partial charge < -0.3 is 24.6 Å². The summed E-state index contributed by atoms with van der Waals surface area (Å²) in [6.07, 6.45) is 4.74. The van der Waals surface area contributed by atoms with Crippen LogP contribution in [0.4, 0.5) is 0 Å². The monoisotopic (exact) mass is 408 g/mol. The maximum absolute atomic E-state index is 12.0. The lowest BCUT2D eigenvalue weighted by molar-refractivity contribution is -0.139. The molecule has 2 heterocycles. The van der Waals surface area contributed by atoms with Gasteiger partial charge in [0.25, 0.3) is 5.91 Å². The maximum Gasteiger partial charge on any atom is 0.259 e. The average Bonchev–Trinajstić information content (AvgIpc) is 3.41. The highest BCUT2D eigenvalue weighted by molar-refractivity contribution is 5.84. The molecule has 0 saturated heterocycles. The zero-order valence-corrected chi connectivity index (χ0v) is 16.9. The number of nitrogens with one attached hydrogen (secondary N) is 1. The lowest BCUT2D eigenvalue weighted by Crippen LogP contribution is -2.42. The Morgan fingerprint density at radius 1 is 1.30 bits per heavy atom. The Morgan fingerprint density at radius 2 is 2.07 bits per heavy atom. The van der Waals surface area contributed by atoms with E-state index in [1.807, 2.05) is 24.3 Å². The highest BCUT2D eigenvalue weighted by Gasteiger charge is 2.36. The van der Waals surface area contributed by atoms with Crippen LogP contribution >= 0.6 is 0 Å². The molecule has 8 nitrogen and oxygen atoms in total. The van der Waals surface area contributed by atoms with E-state index in [4.69, 9.17) is 9.63 Å². The average molecular weight is 408 g/mol. The van der Waals surface area contributed by atoms with Crippen LogP contribution in [-0.4, -0.2) is 44.5 Å². The van der Waals surface area contributed by atoms with E-state index >= 15 is 0 Å². The van der Waals surface area contributed by atoms with Crippen molar-refractivity contribution in [2.24, 2.45) is 0 Å². The summed E-state index contributed by atoms with van der Waals surface area (Å²) in [5, 5.41) is 25.8. The van der Waals surface area contributed by atoms with Crippen molar-refractivity contribution in [3.63, 3.8) is 0 Å². The molecule has 1 aromatic carbocycles. The van der Waals surface area contributed by atoms with Crippen LogP contribution in [0.5, 0.6) is 0 Å². The predicted molar refractivity (Wildman–Crippen MR) is 109 cm³/mol. The van der Waals surface area contributed by atoms with Gasteiger partial charge in [0.1, 0.15) is 5.69 Å². The first-order valence-electron chi connectivity index (χ1n) is 9.57. The van der Waals surface area contributed by atoms with Crippen LogP contribution < -0.4 is 5.32 Å². The third kappa shape index (κ3) is 4.95. The molecule has 30 heavy (non-hydrogen) atoms. The second kappa shape index (κ2) is 9.39. The zero-order chi connectivity index (χ0) is 21.6. The van der Waals surface area contributed by atoms with Crippen molar-refractivity contribution in [1.82, 2.24) is 20.0 Å². The maximum atomic E-state index is 12.0. The van der Waals surface area contributed by atoms with Crippen LogP contribution in [0.25, 0.3) is 0 Å². The van der Waals surface area contributed by atoms with Crippen LogP contribution in [0, 0.1) is 11.8 Å². The van der Waals surface area contributed by atoms with E-state index in [1.165, 1.54) is 20.2 Å². The Balaban J connectivity index is 1.70. The highest BCUT2D eigenvalue weighted by atomic mass is 16.5. The van der Waals surface area contributed by atoms with Gasteiger partial charge >= 0.3 is 0 Å². The lowest BCUT2D eigenvalue weighted by atomic mass is 10.1. The minimum atomic E-state index is -1.77. The van der Waals surface area contributed by atoms with Gasteiger partial charge in [-0.15, -0.1) is 0 Å². The number of aryl methyl sites for hydroxylation is 1. The van der Waals surface area contributed by atoms with Crippen LogP contribution in [0.15, 0.2) is 47.2 Å². The van der Waals surface area contributed by atoms with Gasteiger partial charge in [-0.2, -0.15) is 0 Å². The first-order valence-corrected chi connectivity index (χ1v) is 9.57. The summed E-state index contributed by atoms with van der Waals surface area (Å²) in [4.78, 5) is 16.1. The van der Waals surface area contributed by atoms with Crippen molar-refractivity contribution >= 4 is 5.91 Å². The second-order valence-corrected chi connectivity index (χ2v) is 6.99. The third-order valence-electron chi connectivity index (χ3n) is 4.62. The molecule has 1 atom stereocenters. The van der Waals surface area contributed by atoms with Gasteiger partial charge in [0.2, 0.25) is 5.76 Å². The smallest absolute Gasteiger partial charge is 0.259 e. The number of carbonyl (C=O) groups excluding carboxylic acids is 1. The number of amides is 1. The first-order chi connectivity index (χ1) is 14.4. The Morgan fingerprint density at radius 3 is 2.77 bits per heavy atom. The summed E-state index contributed by atoms with van der Waals surface area (Å²) in [5.41, 5.74) is 0.818. The zero-order valence-electron chi connectivity index (χ0n) is 16.9. The lowest BCUT2D eigenvalue weighted by Gasteiger charge is -2.21. The molecule has 2 aromatic heterocycles. The molecule has 0 fully saturated rings. The molecule has 1 amide bonds. The summed E-state index contributed by atoms with van der Waals surface area (Å²) in [7, 11) is 1.45. The van der Waals surface area contributed by atoms with E-state index < -0.39 is 11.5 Å². The summed E-state index contributed by atoms with van der Waals surface area (Å²) >= 11 is 0. The minimum Gasteiger partial charge on any atom is -0.396 e. The molecule has 0 aliphatic rings. The molecule has 3 N–H and O–H groups in total. The predicted octanol–water partition coefficient (Wildman–Crippen LogP) is 1.20. The first kappa shape index (κ1) is 21.3. The number of aliphatic hydroxyl groups excluding tert-OH is 1. The van der Waals surface area contributed by atoms with Gasteiger partial charge in [-0.1, -0.05) is 23.2 Å². The van der Waals surface area contributed by atoms with Crippen molar-refractivity contribution in [3.05, 3.63) is 71.1 Å². The number of carbonyl (C=O) groups is 1. The van der Waals surface area contributed by atoms with Gasteiger partial charge in [0, 0.05) is 37.7 Å². The van der Waals surface area contributed by atoms with Gasteiger partial charge in [-0.05, 0) is 43.4 Å². The largest absolute Gasteiger partial charge is 0.396 e. The highest BCUT2D eigenvalue weighted by Crippen LogP contribution is 2.20. The standard InChI is InChI=1S/C22H24N4O4/c1-22(29,21(28)23-2)20-24-11-12-26(20)15-18-14-19(30-25-18)10-9-17-7-5-16(6-8-17)4-3-13-27/h5-8,11-12,14,27,29H,3-4,13,15H2,1-2H3,(H,23,28). The Labute approximate surface area is 174 Å². The van der Waals surface area contributed by atoms with Crippen LogP contribution in [0.3, 0.4) is 0 Å². The van der Waals surface area contributed by atoms with Gasteiger partial charge in [-0.3, -0.25) is 4.79 Å². The van der Waals surface area contributed by atoms with Crippen molar-refractivity contribution in [2.75, 3.05) is 13.7 Å². The number of likely N-dealkylation sites (N-methyl/N-ethyl adjacent to an activating group) is 1. The fraction of sp³-hybridized carbons (Fsp3) is 0.318. The SMILES string of the molecule is CNC(=O)C(C)(O)c1nccn1Cc1cc(C#Cc2ccc(CCCO)cc2)on1. The molecule has 0 radical (unpaired) electrons. The topological polar surface area (TPSA) is 113 Å². The van der Waals surface area contributed by atoms with Crippen molar-refractivity contribution in [1.29, 1.82) is 0 Å². The molecule has 0 aliphatic heterocycles. The quantitative estimate of drug-likeness (QED) is 0.506. The molecule has 0 aliphatic carbocycles. The molecule has 3 rings (SSSR count). The summed E-state index contributed by atoms with van der Waals surface area (Å²) in [6.45, 7) is 1.84. The third-order valence-corrected chi connectivity index (χ3v) is 4.62. The molecule has 1 unspecified atom stereocenters. The molecule has 3 aromatic rings. The van der Waals surface area contributed by atoms with E-state index in [1.54, 1.807) is 16.8 Å². The summed E-state index contributed by atoms with van der Waals surface area (Å²) in [6, 6.07) is 9.54. The fourth-order valence-corrected chi connectivity index (χ4v) is 3.00. The Kier molecular flexibility index (Phi) is 6.67. The van der Waals surface area contributed by atoms with Crippen molar-refractivity contribution in [3.8, 4) is 11.8 Å². The number of hydrogen-bond acceptors (Lipinski definition) is 6. The van der Waals surface area contributed by atoms with Gasteiger partial charge in [0.15, 0.2) is 11.4 Å². The Hall–Kier alpha value is -3.41. The van der Waals surface area contributed by atoms with E-state index in [-0.39, 0.29) is 19.0 Å². The number of rotatable bonds is 7. The molecular weight excluding hydrogens is 384 g/mol. The molecule has 156 valence electrons. The number of imidazole rings is 1. The van der Waals surface area contributed by atoms with Crippen LogP contribution in [-0.2, 0) is 23.4 Å². The second-order valence-electron chi connectivity index (χ2n) is 6.99. The summed E-state index contributed by atoms with van der Waals surface area (Å²) in [5.74, 6) is 6.03. The van der Waals surface area contributed by atoms with E-state index in [9.17, 15) is 9.90 Å². The minimum absolute atomic E-state index is 0.180. The fourth-order valence-electron chi connectivity index (χ4n) is 3.00. The van der Waals surface area contributed by atoms with Crippen LogP contribution in [0.2, 0.25) is 0 Å². The van der Waals surface area contributed by atoms with E-state index in [0.29, 0.717) is 11.5 Å². The van der Waals surface area contributed by atoms with E-state index in [0.717, 1.165) is 24.0 Å². The molecule has 0 spiro atoms. The number of nitrogens with zero attached hydrogens (tertiary/aromatic N) is 3. The molecule has 8 heteroatoms. The van der Waals surface area contributed by atoms with Crippen molar-refractivity contribution < 1.29 is 19.5 Å². The molecule has 0 bridgehead atoms. The van der Waals surface area contributed by atoms with E-state index in [2.05, 4.69) is 27.3 Å². The number of benzene rings is 1. The molecular formula is C22H24N4O4. The van der Waals surface area contributed by atoms with Gasteiger partial charge in [-0.25, -0.2) is 4.98 Å². The summed E-state index contributed by atoms with van der Waals surface area (Å²) < 4.78 is 6.91. The van der Waals surface area contributed by atoms with Crippen LogP contribution in [0.1, 0.15) is 41.8 Å². The van der Waals surface area contributed by atoms with Crippen molar-refractivity contribution in [2.45, 2.75) is 31.9 Å².